The van der Waals surface area contributed by atoms with Crippen LogP contribution in [0.5, 0.6) is 0 Å². The van der Waals surface area contributed by atoms with Crippen molar-refractivity contribution in [1.29, 1.82) is 0 Å². The highest BCUT2D eigenvalue weighted by Crippen LogP contribution is 2.32. The van der Waals surface area contributed by atoms with Crippen LogP contribution in [0.25, 0.3) is 50.3 Å². The van der Waals surface area contributed by atoms with Gasteiger partial charge in [-0.25, -0.2) is 27.5 Å². The second kappa shape index (κ2) is 13.6. The normalized spacial score (nSPS) is 12.7. The zero-order valence-corrected chi connectivity index (χ0v) is 26.8. The molecule has 0 amide bonds. The summed E-state index contributed by atoms with van der Waals surface area (Å²) < 4.78 is 40.3. The van der Waals surface area contributed by atoms with E-state index in [9.17, 15) is 12.8 Å². The molecule has 0 spiro atoms. The van der Waals surface area contributed by atoms with Crippen LogP contribution in [-0.2, 0) is 23.1 Å². The van der Waals surface area contributed by atoms with Crippen molar-refractivity contribution in [3.05, 3.63) is 132 Å². The highest BCUT2D eigenvalue weighted by molar-refractivity contribution is 7.88. The summed E-state index contributed by atoms with van der Waals surface area (Å²) in [7, 11) is -3.44. The predicted octanol–water partition coefficient (Wildman–Crippen LogP) is 6.66. The number of sulfonamides is 1. The number of hydrogen-bond donors (Lipinski definition) is 4. The highest BCUT2D eigenvalue weighted by atomic mass is 32.2. The summed E-state index contributed by atoms with van der Waals surface area (Å²) in [6.45, 7) is 7.44. The summed E-state index contributed by atoms with van der Waals surface area (Å²) in [5, 5.41) is 11.1. The molecule has 238 valence electrons. The smallest absolute Gasteiger partial charge is 0.209 e. The Morgan fingerprint density at radius 2 is 1.77 bits per heavy atom. The summed E-state index contributed by atoms with van der Waals surface area (Å²) in [6.07, 6.45) is 6.84. The van der Waals surface area contributed by atoms with Gasteiger partial charge in [-0.3, -0.25) is 5.10 Å². The molecule has 0 aliphatic carbocycles. The van der Waals surface area contributed by atoms with Crippen LogP contribution in [0, 0.1) is 5.82 Å². The number of halogens is 1. The fourth-order valence-electron chi connectivity index (χ4n) is 5.38. The lowest BCUT2D eigenvalue weighted by atomic mass is 10.0. The van der Waals surface area contributed by atoms with Crippen molar-refractivity contribution in [2.45, 2.75) is 20.0 Å². The fraction of sp³-hybridized carbons (Fsp3) is 0.139. The zero-order valence-electron chi connectivity index (χ0n) is 26.0. The third-order valence-corrected chi connectivity index (χ3v) is 8.19. The Morgan fingerprint density at radius 3 is 2.55 bits per heavy atom. The Hall–Kier alpha value is -5.23. The van der Waals surface area contributed by atoms with Crippen molar-refractivity contribution >= 4 is 37.7 Å². The van der Waals surface area contributed by atoms with Crippen molar-refractivity contribution in [2.75, 3.05) is 12.8 Å². The molecule has 3 aromatic carbocycles. The maximum absolute atomic E-state index is 14.7. The van der Waals surface area contributed by atoms with Crippen LogP contribution >= 0.6 is 0 Å². The molecule has 0 atom stereocenters. The Bertz CT molecular complexity index is 2250. The van der Waals surface area contributed by atoms with Gasteiger partial charge in [-0.2, -0.15) is 5.10 Å². The molecule has 0 saturated heterocycles. The lowest BCUT2D eigenvalue weighted by Gasteiger charge is -2.08. The molecule has 47 heavy (non-hydrogen) atoms. The summed E-state index contributed by atoms with van der Waals surface area (Å²) in [5.41, 5.74) is 9.09. The van der Waals surface area contributed by atoms with E-state index in [1.165, 1.54) is 17.7 Å². The standard InChI is InChI=1S/C36H34FN7O2S/c1-4-9-26(16-23(2)20-38-21-24-10-6-5-7-11-24)30-14-15-32-34(40-30)35(44-43-32)36-41-31-13-8-12-29(33(31)42-36)27-17-25(18-28(37)19-27)22-39-47(3,45)46/h4-19,38-39H,1,20-22H2,2-3H3,(H,41,42)(H,43,44)/b23-16+,26-9+. The monoisotopic (exact) mass is 647 g/mol. The molecule has 0 saturated carbocycles. The summed E-state index contributed by atoms with van der Waals surface area (Å²) >= 11 is 0. The van der Waals surface area contributed by atoms with Crippen molar-refractivity contribution in [2.24, 2.45) is 0 Å². The van der Waals surface area contributed by atoms with E-state index in [-0.39, 0.29) is 6.54 Å². The number of imidazole rings is 1. The van der Waals surface area contributed by atoms with E-state index in [2.05, 4.69) is 56.9 Å². The van der Waals surface area contributed by atoms with Gasteiger partial charge >= 0.3 is 0 Å². The van der Waals surface area contributed by atoms with Gasteiger partial charge < -0.3 is 10.3 Å². The third kappa shape index (κ3) is 7.60. The predicted molar refractivity (Wildman–Crippen MR) is 186 cm³/mol. The molecule has 0 fully saturated rings. The quantitative estimate of drug-likeness (QED) is 0.110. The molecular formula is C36H34FN7O2S. The first-order chi connectivity index (χ1) is 22.7. The first-order valence-electron chi connectivity index (χ1n) is 15.0. The molecule has 11 heteroatoms. The summed E-state index contributed by atoms with van der Waals surface area (Å²) in [6, 6.07) is 24.2. The van der Waals surface area contributed by atoms with Gasteiger partial charge in [0.15, 0.2) is 11.5 Å². The third-order valence-electron chi connectivity index (χ3n) is 7.52. The van der Waals surface area contributed by atoms with Gasteiger partial charge in [-0.1, -0.05) is 72.8 Å². The number of hydrogen-bond acceptors (Lipinski definition) is 6. The van der Waals surface area contributed by atoms with Crippen LogP contribution in [0.2, 0.25) is 0 Å². The Labute approximate surface area is 272 Å². The average Bonchev–Trinajstić information content (AvgIpc) is 3.67. The molecular weight excluding hydrogens is 614 g/mol. The van der Waals surface area contributed by atoms with Crippen LogP contribution in [0.4, 0.5) is 4.39 Å². The second-order valence-corrected chi connectivity index (χ2v) is 13.2. The van der Waals surface area contributed by atoms with E-state index in [4.69, 9.17) is 9.97 Å². The molecule has 4 N–H and O–H groups in total. The lowest BCUT2D eigenvalue weighted by molar-refractivity contribution is 0.586. The van der Waals surface area contributed by atoms with Crippen LogP contribution in [0.1, 0.15) is 23.7 Å². The number of allylic oxidation sites excluding steroid dienone is 4. The maximum atomic E-state index is 14.7. The number of fused-ring (bicyclic) bond motifs is 2. The minimum atomic E-state index is -3.44. The highest BCUT2D eigenvalue weighted by Gasteiger charge is 2.18. The van der Waals surface area contributed by atoms with Gasteiger partial charge in [0, 0.05) is 30.8 Å². The summed E-state index contributed by atoms with van der Waals surface area (Å²) in [5.74, 6) is 0.0278. The number of pyridine rings is 1. The van der Waals surface area contributed by atoms with Crippen molar-refractivity contribution < 1.29 is 12.8 Å². The minimum Gasteiger partial charge on any atom is -0.336 e. The van der Waals surface area contributed by atoms with Crippen molar-refractivity contribution in [3.8, 4) is 22.6 Å². The van der Waals surface area contributed by atoms with Gasteiger partial charge in [0.05, 0.1) is 28.5 Å². The number of aromatic amines is 2. The molecule has 9 nitrogen and oxygen atoms in total. The Morgan fingerprint density at radius 1 is 0.936 bits per heavy atom. The van der Waals surface area contributed by atoms with E-state index < -0.39 is 15.8 Å². The number of H-pyrrole nitrogens is 2. The molecule has 6 rings (SSSR count). The lowest BCUT2D eigenvalue weighted by Crippen LogP contribution is -2.21. The molecule has 0 aliphatic heterocycles. The molecule has 0 radical (unpaired) electrons. The second-order valence-electron chi connectivity index (χ2n) is 11.3. The number of nitrogens with zero attached hydrogens (tertiary/aromatic N) is 3. The molecule has 3 heterocycles. The number of para-hydroxylation sites is 1. The average molecular weight is 648 g/mol. The number of aromatic nitrogens is 5. The van der Waals surface area contributed by atoms with Crippen molar-refractivity contribution in [1.82, 2.24) is 35.2 Å². The van der Waals surface area contributed by atoms with Crippen LogP contribution < -0.4 is 10.0 Å². The SMILES string of the molecule is C=C/C=C(\C=C(/C)CNCc1ccccc1)c1ccc2[nH]nc(-c3nc4c(-c5cc(F)cc(CNS(C)(=O)=O)c5)cccc4[nH]3)c2n1. The maximum Gasteiger partial charge on any atom is 0.209 e. The first-order valence-corrected chi connectivity index (χ1v) is 16.9. The van der Waals surface area contributed by atoms with E-state index in [0.29, 0.717) is 45.8 Å². The summed E-state index contributed by atoms with van der Waals surface area (Å²) in [4.78, 5) is 13.2. The first kappa shape index (κ1) is 31.7. The minimum absolute atomic E-state index is 0.0279. The van der Waals surface area contributed by atoms with Gasteiger partial charge in [0.25, 0.3) is 0 Å². The van der Waals surface area contributed by atoms with Gasteiger partial charge in [0.1, 0.15) is 11.3 Å². The Kier molecular flexibility index (Phi) is 9.21. The fourth-order valence-corrected chi connectivity index (χ4v) is 5.80. The van der Waals surface area contributed by atoms with E-state index >= 15 is 0 Å². The largest absolute Gasteiger partial charge is 0.336 e. The van der Waals surface area contributed by atoms with E-state index in [1.54, 1.807) is 12.1 Å². The molecule has 0 aliphatic rings. The molecule has 0 bridgehead atoms. The molecule has 0 unspecified atom stereocenters. The molecule has 3 aromatic heterocycles. The van der Waals surface area contributed by atoms with Crippen LogP contribution in [0.3, 0.4) is 0 Å². The van der Waals surface area contributed by atoms with Crippen LogP contribution in [-0.4, -0.2) is 46.4 Å². The van der Waals surface area contributed by atoms with Gasteiger partial charge in [0.2, 0.25) is 10.0 Å². The number of rotatable bonds is 12. The van der Waals surface area contributed by atoms with Crippen molar-refractivity contribution in [3.63, 3.8) is 0 Å². The number of benzene rings is 3. The van der Waals surface area contributed by atoms with Crippen LogP contribution in [0.15, 0.2) is 109 Å². The zero-order chi connectivity index (χ0) is 33.0. The number of nitrogens with one attached hydrogen (secondary N) is 4. The Balaban J connectivity index is 1.31. The topological polar surface area (TPSA) is 128 Å². The van der Waals surface area contributed by atoms with E-state index in [0.717, 1.165) is 40.7 Å². The van der Waals surface area contributed by atoms with E-state index in [1.807, 2.05) is 54.6 Å². The van der Waals surface area contributed by atoms with Gasteiger partial charge in [-0.15, -0.1) is 0 Å². The molecule has 6 aromatic rings. The van der Waals surface area contributed by atoms with Gasteiger partial charge in [-0.05, 0) is 60.0 Å².